The van der Waals surface area contributed by atoms with Gasteiger partial charge in [-0.1, -0.05) is 17.8 Å². The summed E-state index contributed by atoms with van der Waals surface area (Å²) < 4.78 is 2.01. The number of rotatable bonds is 6. The molecule has 0 spiro atoms. The van der Waals surface area contributed by atoms with Gasteiger partial charge in [0.05, 0.1) is 18.3 Å². The van der Waals surface area contributed by atoms with Crippen LogP contribution in [0.4, 0.5) is 0 Å². The van der Waals surface area contributed by atoms with E-state index in [1.807, 2.05) is 35.2 Å². The topological polar surface area (TPSA) is 62.5 Å². The molecule has 19 heavy (non-hydrogen) atoms. The van der Waals surface area contributed by atoms with Crippen LogP contribution in [0, 0.1) is 0 Å². The average Bonchev–Trinajstić information content (AvgIpc) is 2.91. The Bertz CT molecular complexity index is 478. The summed E-state index contributed by atoms with van der Waals surface area (Å²) in [6.07, 6.45) is 6.94. The van der Waals surface area contributed by atoms with Gasteiger partial charge in [0.15, 0.2) is 24.1 Å². The van der Waals surface area contributed by atoms with Crippen LogP contribution in [-0.2, 0) is 17.8 Å². The Labute approximate surface area is 126 Å². The van der Waals surface area contributed by atoms with Crippen molar-refractivity contribution in [3.8, 4) is 0 Å². The first-order valence-corrected chi connectivity index (χ1v) is 6.77. The molecule has 1 N–H and O–H groups in total. The molecular weight excluding hydrogens is 328 g/mol. The van der Waals surface area contributed by atoms with Gasteiger partial charge in [-0.3, -0.25) is 4.79 Å². The summed E-state index contributed by atoms with van der Waals surface area (Å²) in [6.45, 7) is 0.733. The second kappa shape index (κ2) is 8.82. The molecule has 102 valence electrons. The molecule has 7 heteroatoms. The smallest absolute Gasteiger partial charge is 0.195 e. The molecule has 0 aromatic carbocycles. The number of carbonyl (C=O) groups excluding carboxylic acids is 1. The maximum Gasteiger partial charge on any atom is 0.195 e. The van der Waals surface area contributed by atoms with Gasteiger partial charge in [-0.2, -0.15) is 15.4 Å². The predicted octanol–water partition coefficient (Wildman–Crippen LogP) is -2.01. The number of hydrogen-bond acceptors (Lipinski definition) is 4. The zero-order chi connectivity index (χ0) is 12.6. The molecule has 2 aromatic rings. The number of aryl methyl sites for hydroxylation is 2. The Morgan fingerprint density at radius 2 is 2.11 bits per heavy atom. The highest BCUT2D eigenvalue weighted by atomic mass is 79.9. The van der Waals surface area contributed by atoms with Crippen molar-refractivity contribution in [1.82, 2.24) is 15.4 Å². The highest BCUT2D eigenvalue weighted by molar-refractivity contribution is 8.13. The summed E-state index contributed by atoms with van der Waals surface area (Å²) in [4.78, 5) is 11.7. The first-order chi connectivity index (χ1) is 8.84. The molecule has 2 rings (SSSR count). The number of thioether (sulfide) groups is 1. The SMILES string of the molecule is O=C(CC[n+]1ccccc1)SCCc1cn[nH]n1.[Br-]. The highest BCUT2D eigenvalue weighted by Gasteiger charge is 2.07. The number of aromatic amines is 1. The van der Waals surface area contributed by atoms with Crippen LogP contribution in [-0.4, -0.2) is 26.3 Å². The Morgan fingerprint density at radius 3 is 2.79 bits per heavy atom. The Kier molecular flexibility index (Phi) is 7.35. The van der Waals surface area contributed by atoms with Crippen LogP contribution in [0.1, 0.15) is 12.1 Å². The van der Waals surface area contributed by atoms with Gasteiger partial charge in [-0.05, 0) is 0 Å². The average molecular weight is 343 g/mol. The van der Waals surface area contributed by atoms with E-state index >= 15 is 0 Å². The summed E-state index contributed by atoms with van der Waals surface area (Å²) >= 11 is 1.36. The summed E-state index contributed by atoms with van der Waals surface area (Å²) in [5.41, 5.74) is 0.896. The standard InChI is InChI=1S/C12H15N4OS.BrH/c17-12(4-8-16-6-2-1-3-7-16)18-9-5-11-10-13-15-14-11;/h1-3,6-7,10H,4-5,8-9H2,(H,13,14,15);1H/q+1;/p-1. The summed E-state index contributed by atoms with van der Waals surface area (Å²) in [7, 11) is 0. The van der Waals surface area contributed by atoms with E-state index in [2.05, 4.69) is 15.4 Å². The largest absolute Gasteiger partial charge is 1.00 e. The zero-order valence-electron chi connectivity index (χ0n) is 10.3. The van der Waals surface area contributed by atoms with Crippen LogP contribution < -0.4 is 21.5 Å². The van der Waals surface area contributed by atoms with E-state index in [1.54, 1.807) is 6.20 Å². The number of nitrogens with zero attached hydrogens (tertiary/aromatic N) is 3. The number of aromatic nitrogens is 4. The van der Waals surface area contributed by atoms with Gasteiger partial charge in [-0.15, -0.1) is 0 Å². The van der Waals surface area contributed by atoms with Crippen LogP contribution in [0.3, 0.4) is 0 Å². The predicted molar refractivity (Wildman–Crippen MR) is 68.8 cm³/mol. The first-order valence-electron chi connectivity index (χ1n) is 5.79. The van der Waals surface area contributed by atoms with E-state index in [9.17, 15) is 4.79 Å². The molecule has 2 heterocycles. The molecule has 0 aliphatic heterocycles. The lowest BCUT2D eigenvalue weighted by molar-refractivity contribution is -0.695. The second-order valence-electron chi connectivity index (χ2n) is 3.80. The summed E-state index contributed by atoms with van der Waals surface area (Å²) in [5.74, 6) is 0.755. The fourth-order valence-electron chi connectivity index (χ4n) is 1.49. The van der Waals surface area contributed by atoms with Gasteiger partial charge in [-0.25, -0.2) is 4.57 Å². The lowest BCUT2D eigenvalue weighted by atomic mass is 10.4. The third-order valence-electron chi connectivity index (χ3n) is 2.44. The van der Waals surface area contributed by atoms with Crippen molar-refractivity contribution in [2.24, 2.45) is 0 Å². The molecule has 0 aliphatic carbocycles. The van der Waals surface area contributed by atoms with Crippen molar-refractivity contribution in [3.63, 3.8) is 0 Å². The van der Waals surface area contributed by atoms with Crippen LogP contribution in [0.2, 0.25) is 0 Å². The van der Waals surface area contributed by atoms with Crippen LogP contribution in [0.5, 0.6) is 0 Å². The van der Waals surface area contributed by atoms with Crippen molar-refractivity contribution >= 4 is 16.9 Å². The van der Waals surface area contributed by atoms with Gasteiger partial charge in [0, 0.05) is 24.3 Å². The molecule has 0 bridgehead atoms. The minimum atomic E-state index is 0. The van der Waals surface area contributed by atoms with Crippen molar-refractivity contribution in [1.29, 1.82) is 0 Å². The maximum absolute atomic E-state index is 11.7. The van der Waals surface area contributed by atoms with Gasteiger partial charge in [0.2, 0.25) is 0 Å². The third-order valence-corrected chi connectivity index (χ3v) is 3.37. The molecule has 0 unspecified atom stereocenters. The monoisotopic (exact) mass is 342 g/mol. The molecule has 0 fully saturated rings. The first kappa shape index (κ1) is 15.8. The minimum Gasteiger partial charge on any atom is -1.00 e. The number of carbonyl (C=O) groups is 1. The van der Waals surface area contributed by atoms with Crippen LogP contribution in [0.15, 0.2) is 36.8 Å². The van der Waals surface area contributed by atoms with Crippen molar-refractivity contribution in [3.05, 3.63) is 42.5 Å². The van der Waals surface area contributed by atoms with Crippen molar-refractivity contribution < 1.29 is 26.3 Å². The third kappa shape index (κ3) is 5.98. The van der Waals surface area contributed by atoms with Crippen LogP contribution >= 0.6 is 11.8 Å². The van der Waals surface area contributed by atoms with E-state index < -0.39 is 0 Å². The van der Waals surface area contributed by atoms with Gasteiger partial charge in [0.25, 0.3) is 0 Å². The van der Waals surface area contributed by atoms with E-state index in [0.717, 1.165) is 24.4 Å². The molecule has 0 saturated heterocycles. The quantitative estimate of drug-likeness (QED) is 0.616. The molecule has 0 amide bonds. The Balaban J connectivity index is 0.00000180. The van der Waals surface area contributed by atoms with Gasteiger partial charge in [0.1, 0.15) is 0 Å². The fraction of sp³-hybridized carbons (Fsp3) is 0.333. The molecule has 0 radical (unpaired) electrons. The number of nitrogens with one attached hydrogen (secondary N) is 1. The number of hydrogen-bond donors (Lipinski definition) is 1. The van der Waals surface area contributed by atoms with E-state index in [-0.39, 0.29) is 22.1 Å². The van der Waals surface area contributed by atoms with E-state index in [1.165, 1.54) is 11.8 Å². The van der Waals surface area contributed by atoms with Crippen LogP contribution in [0.25, 0.3) is 0 Å². The lowest BCUT2D eigenvalue weighted by Gasteiger charge is -1.98. The lowest BCUT2D eigenvalue weighted by Crippen LogP contribution is -3.00. The molecular formula is C12H15BrN4OS. The second-order valence-corrected chi connectivity index (χ2v) is 4.95. The van der Waals surface area contributed by atoms with E-state index in [4.69, 9.17) is 0 Å². The molecule has 0 saturated carbocycles. The Hall–Kier alpha value is -1.21. The number of pyridine rings is 1. The van der Waals surface area contributed by atoms with E-state index in [0.29, 0.717) is 6.42 Å². The molecule has 2 aromatic heterocycles. The highest BCUT2D eigenvalue weighted by Crippen LogP contribution is 2.07. The summed E-state index contributed by atoms with van der Waals surface area (Å²) in [6, 6.07) is 5.88. The summed E-state index contributed by atoms with van der Waals surface area (Å²) in [5, 5.41) is 10.4. The zero-order valence-corrected chi connectivity index (χ0v) is 12.7. The minimum absolute atomic E-state index is 0. The van der Waals surface area contributed by atoms with Crippen molar-refractivity contribution in [2.45, 2.75) is 19.4 Å². The van der Waals surface area contributed by atoms with Crippen molar-refractivity contribution in [2.75, 3.05) is 5.75 Å². The molecule has 0 aliphatic rings. The van der Waals surface area contributed by atoms with Gasteiger partial charge >= 0.3 is 0 Å². The fourth-order valence-corrected chi connectivity index (χ4v) is 2.27. The molecule has 5 nitrogen and oxygen atoms in total. The normalized spacial score (nSPS) is 9.89. The number of halogens is 1. The Morgan fingerprint density at radius 1 is 1.32 bits per heavy atom. The maximum atomic E-state index is 11.7. The molecule has 0 atom stereocenters. The van der Waals surface area contributed by atoms with Gasteiger partial charge < -0.3 is 17.0 Å². The number of H-pyrrole nitrogens is 1.